The number of rotatable bonds is 4. The van der Waals surface area contributed by atoms with Crippen molar-refractivity contribution in [2.24, 2.45) is 0 Å². The minimum atomic E-state index is 0. The van der Waals surface area contributed by atoms with Crippen LogP contribution >= 0.6 is 0 Å². The van der Waals surface area contributed by atoms with Gasteiger partial charge in [-0.1, -0.05) is 41.0 Å². The Balaban J connectivity index is 0. The SMILES string of the molecule is C.CC.CCCCNC1CCC1. The van der Waals surface area contributed by atoms with Crippen molar-refractivity contribution < 1.29 is 0 Å². The highest BCUT2D eigenvalue weighted by atomic mass is 14.9. The lowest BCUT2D eigenvalue weighted by atomic mass is 9.93. The Bertz CT molecular complexity index is 67.4. The van der Waals surface area contributed by atoms with Crippen LogP contribution in [0.1, 0.15) is 60.3 Å². The first-order chi connectivity index (χ1) is 5.43. The topological polar surface area (TPSA) is 12.0 Å². The zero-order chi connectivity index (χ0) is 8.53. The van der Waals surface area contributed by atoms with Crippen molar-refractivity contribution in [1.29, 1.82) is 0 Å². The van der Waals surface area contributed by atoms with E-state index in [-0.39, 0.29) is 7.43 Å². The van der Waals surface area contributed by atoms with Crippen molar-refractivity contribution in [3.05, 3.63) is 0 Å². The molecule has 0 aromatic carbocycles. The lowest BCUT2D eigenvalue weighted by molar-refractivity contribution is 0.338. The summed E-state index contributed by atoms with van der Waals surface area (Å²) in [5.74, 6) is 0. The van der Waals surface area contributed by atoms with Gasteiger partial charge in [-0.05, 0) is 25.8 Å². The number of nitrogens with one attached hydrogen (secondary N) is 1. The van der Waals surface area contributed by atoms with E-state index in [2.05, 4.69) is 12.2 Å². The third kappa shape index (κ3) is 6.66. The Morgan fingerprint density at radius 3 is 2.17 bits per heavy atom. The molecule has 1 aliphatic rings. The lowest BCUT2D eigenvalue weighted by Gasteiger charge is -2.26. The number of hydrogen-bond donors (Lipinski definition) is 1. The molecule has 0 bridgehead atoms. The molecule has 1 rings (SSSR count). The highest BCUT2D eigenvalue weighted by molar-refractivity contribution is 4.75. The van der Waals surface area contributed by atoms with Gasteiger partial charge in [-0.15, -0.1) is 0 Å². The van der Waals surface area contributed by atoms with Gasteiger partial charge in [-0.3, -0.25) is 0 Å². The Labute approximate surface area is 78.9 Å². The van der Waals surface area contributed by atoms with Gasteiger partial charge in [0.2, 0.25) is 0 Å². The normalized spacial score (nSPS) is 15.2. The molecule has 12 heavy (non-hydrogen) atoms. The monoisotopic (exact) mass is 173 g/mol. The summed E-state index contributed by atoms with van der Waals surface area (Å²) < 4.78 is 0. The third-order valence-corrected chi connectivity index (χ3v) is 2.07. The second-order valence-corrected chi connectivity index (χ2v) is 2.94. The molecular formula is C11H27N. The molecule has 1 saturated carbocycles. The maximum absolute atomic E-state index is 3.52. The van der Waals surface area contributed by atoms with E-state index in [9.17, 15) is 0 Å². The summed E-state index contributed by atoms with van der Waals surface area (Å²) in [6.45, 7) is 7.48. The van der Waals surface area contributed by atoms with Gasteiger partial charge in [-0.25, -0.2) is 0 Å². The fourth-order valence-electron chi connectivity index (χ4n) is 1.10. The van der Waals surface area contributed by atoms with Crippen LogP contribution in [0, 0.1) is 0 Å². The molecule has 0 spiro atoms. The van der Waals surface area contributed by atoms with E-state index >= 15 is 0 Å². The molecule has 1 fully saturated rings. The highest BCUT2D eigenvalue weighted by Crippen LogP contribution is 2.17. The molecule has 1 N–H and O–H groups in total. The van der Waals surface area contributed by atoms with Crippen LogP contribution in [0.15, 0.2) is 0 Å². The molecule has 0 saturated heterocycles. The smallest absolute Gasteiger partial charge is 0.00670 e. The summed E-state index contributed by atoms with van der Waals surface area (Å²) in [4.78, 5) is 0. The van der Waals surface area contributed by atoms with Gasteiger partial charge in [0.25, 0.3) is 0 Å². The van der Waals surface area contributed by atoms with Gasteiger partial charge in [0.15, 0.2) is 0 Å². The predicted octanol–water partition coefficient (Wildman–Crippen LogP) is 3.59. The summed E-state index contributed by atoms with van der Waals surface area (Å²) >= 11 is 0. The molecule has 76 valence electrons. The van der Waals surface area contributed by atoms with E-state index in [4.69, 9.17) is 0 Å². The number of unbranched alkanes of at least 4 members (excludes halogenated alkanes) is 1. The quantitative estimate of drug-likeness (QED) is 0.641. The van der Waals surface area contributed by atoms with Crippen LogP contribution in [0.4, 0.5) is 0 Å². The molecule has 0 aromatic rings. The van der Waals surface area contributed by atoms with Crippen molar-refractivity contribution in [1.82, 2.24) is 5.32 Å². The molecular weight excluding hydrogens is 146 g/mol. The molecule has 1 aliphatic carbocycles. The zero-order valence-electron chi connectivity index (χ0n) is 8.32. The minimum Gasteiger partial charge on any atom is -0.314 e. The average molecular weight is 173 g/mol. The van der Waals surface area contributed by atoms with Crippen LogP contribution < -0.4 is 5.32 Å². The predicted molar refractivity (Wildman–Crippen MR) is 58.6 cm³/mol. The van der Waals surface area contributed by atoms with Crippen LogP contribution in [-0.2, 0) is 0 Å². The van der Waals surface area contributed by atoms with E-state index in [0.29, 0.717) is 0 Å². The van der Waals surface area contributed by atoms with E-state index in [0.717, 1.165) is 6.04 Å². The van der Waals surface area contributed by atoms with Gasteiger partial charge >= 0.3 is 0 Å². The van der Waals surface area contributed by atoms with Gasteiger partial charge in [0.1, 0.15) is 0 Å². The fourth-order valence-corrected chi connectivity index (χ4v) is 1.10. The van der Waals surface area contributed by atoms with Crippen LogP contribution in [-0.4, -0.2) is 12.6 Å². The van der Waals surface area contributed by atoms with Crippen molar-refractivity contribution in [2.75, 3.05) is 6.54 Å². The van der Waals surface area contributed by atoms with Crippen LogP contribution in [0.25, 0.3) is 0 Å². The second-order valence-electron chi connectivity index (χ2n) is 2.94. The minimum absolute atomic E-state index is 0. The van der Waals surface area contributed by atoms with E-state index < -0.39 is 0 Å². The maximum atomic E-state index is 3.52. The van der Waals surface area contributed by atoms with Crippen molar-refractivity contribution in [2.45, 2.75) is 66.3 Å². The average Bonchev–Trinajstić information content (AvgIpc) is 1.99. The maximum Gasteiger partial charge on any atom is 0.00670 e. The van der Waals surface area contributed by atoms with E-state index in [1.807, 2.05) is 13.8 Å². The van der Waals surface area contributed by atoms with E-state index in [1.54, 1.807) is 0 Å². The molecule has 1 nitrogen and oxygen atoms in total. The highest BCUT2D eigenvalue weighted by Gasteiger charge is 2.14. The fraction of sp³-hybridized carbons (Fsp3) is 1.00. The van der Waals surface area contributed by atoms with Crippen molar-refractivity contribution in [3.63, 3.8) is 0 Å². The molecule has 0 aromatic heterocycles. The number of hydrogen-bond acceptors (Lipinski definition) is 1. The van der Waals surface area contributed by atoms with Crippen LogP contribution in [0.2, 0.25) is 0 Å². The summed E-state index contributed by atoms with van der Waals surface area (Å²) in [5, 5.41) is 3.52. The molecule has 0 heterocycles. The first-order valence-electron chi connectivity index (χ1n) is 5.17. The van der Waals surface area contributed by atoms with Gasteiger partial charge < -0.3 is 5.32 Å². The Hall–Kier alpha value is -0.0400. The largest absolute Gasteiger partial charge is 0.314 e. The van der Waals surface area contributed by atoms with Gasteiger partial charge in [-0.2, -0.15) is 0 Å². The molecule has 0 atom stereocenters. The summed E-state index contributed by atoms with van der Waals surface area (Å²) in [6, 6.07) is 0.886. The van der Waals surface area contributed by atoms with Crippen LogP contribution in [0.3, 0.4) is 0 Å². The second kappa shape index (κ2) is 11.0. The Morgan fingerprint density at radius 1 is 1.25 bits per heavy atom. The van der Waals surface area contributed by atoms with Crippen molar-refractivity contribution in [3.8, 4) is 0 Å². The van der Waals surface area contributed by atoms with Crippen molar-refractivity contribution >= 4 is 0 Å². The van der Waals surface area contributed by atoms with Gasteiger partial charge in [0.05, 0.1) is 0 Å². The third-order valence-electron chi connectivity index (χ3n) is 2.07. The standard InChI is InChI=1S/C8H17N.C2H6.CH4/c1-2-3-7-9-8-5-4-6-8;1-2;/h8-9H,2-7H2,1H3;1-2H3;1H4. The van der Waals surface area contributed by atoms with Gasteiger partial charge in [0, 0.05) is 6.04 Å². The van der Waals surface area contributed by atoms with E-state index in [1.165, 1.54) is 38.6 Å². The summed E-state index contributed by atoms with van der Waals surface area (Å²) in [6.07, 6.45) is 6.95. The molecule has 0 aliphatic heterocycles. The molecule has 0 unspecified atom stereocenters. The molecule has 1 heteroatoms. The zero-order valence-corrected chi connectivity index (χ0v) is 8.32. The lowest BCUT2D eigenvalue weighted by Crippen LogP contribution is -2.35. The first-order valence-corrected chi connectivity index (χ1v) is 5.17. The first kappa shape index (κ1) is 14.5. The molecule has 0 amide bonds. The Kier molecular flexibility index (Phi) is 13.2. The summed E-state index contributed by atoms with van der Waals surface area (Å²) in [5.41, 5.74) is 0. The Morgan fingerprint density at radius 2 is 1.83 bits per heavy atom. The van der Waals surface area contributed by atoms with Crippen LogP contribution in [0.5, 0.6) is 0 Å². The molecule has 0 radical (unpaired) electrons. The summed E-state index contributed by atoms with van der Waals surface area (Å²) in [7, 11) is 0.